The van der Waals surface area contributed by atoms with Gasteiger partial charge in [0.2, 0.25) is 0 Å². The van der Waals surface area contributed by atoms with Crippen molar-refractivity contribution in [1.29, 1.82) is 0 Å². The monoisotopic (exact) mass is 320 g/mol. The molecule has 2 nitrogen and oxygen atoms in total. The maximum absolute atomic E-state index is 13.1. The summed E-state index contributed by atoms with van der Waals surface area (Å²) in [5.41, 5.74) is -0.374. The Morgan fingerprint density at radius 1 is 1.29 bits per heavy atom. The van der Waals surface area contributed by atoms with Crippen LogP contribution in [-0.4, -0.2) is 11.5 Å². The minimum absolute atomic E-state index is 0.194. The van der Waals surface area contributed by atoms with Crippen LogP contribution in [0, 0.1) is 5.41 Å². The highest BCUT2D eigenvalue weighted by Crippen LogP contribution is 2.45. The minimum atomic E-state index is -4.35. The van der Waals surface area contributed by atoms with Crippen LogP contribution in [0.2, 0.25) is 0 Å². The molecule has 1 N–H and O–H groups in total. The molecule has 21 heavy (non-hydrogen) atoms. The highest BCUT2D eigenvalue weighted by molar-refractivity contribution is 7.11. The Kier molecular flexibility index (Phi) is 4.98. The van der Waals surface area contributed by atoms with Gasteiger partial charge in [0.1, 0.15) is 0 Å². The van der Waals surface area contributed by atoms with Gasteiger partial charge in [-0.15, -0.1) is 11.3 Å². The van der Waals surface area contributed by atoms with E-state index in [-0.39, 0.29) is 12.5 Å². The number of alkyl halides is 3. The Labute approximate surface area is 128 Å². The summed E-state index contributed by atoms with van der Waals surface area (Å²) in [7, 11) is 0. The van der Waals surface area contributed by atoms with Gasteiger partial charge in [0.25, 0.3) is 0 Å². The SMILES string of the molecule is CCNCc1sc(C2CCC(C)(C)CC2)nc1C(F)(F)F. The molecule has 0 bridgehead atoms. The molecule has 1 saturated carbocycles. The van der Waals surface area contributed by atoms with E-state index in [0.717, 1.165) is 25.7 Å². The molecule has 120 valence electrons. The summed E-state index contributed by atoms with van der Waals surface area (Å²) in [6.45, 7) is 7.24. The van der Waals surface area contributed by atoms with E-state index in [1.54, 1.807) is 0 Å². The van der Waals surface area contributed by atoms with Crippen LogP contribution in [0.1, 0.15) is 68.0 Å². The van der Waals surface area contributed by atoms with Gasteiger partial charge >= 0.3 is 6.18 Å². The number of thiazole rings is 1. The van der Waals surface area contributed by atoms with Gasteiger partial charge in [-0.05, 0) is 37.6 Å². The van der Waals surface area contributed by atoms with E-state index in [4.69, 9.17) is 0 Å². The third-order valence-corrected chi connectivity index (χ3v) is 5.42. The van der Waals surface area contributed by atoms with Gasteiger partial charge in [0.15, 0.2) is 5.69 Å². The summed E-state index contributed by atoms with van der Waals surface area (Å²) in [6.07, 6.45) is -0.355. The van der Waals surface area contributed by atoms with Crippen molar-refractivity contribution in [3.8, 4) is 0 Å². The van der Waals surface area contributed by atoms with Gasteiger partial charge in [-0.2, -0.15) is 13.2 Å². The number of hydrogen-bond acceptors (Lipinski definition) is 3. The van der Waals surface area contributed by atoms with E-state index in [1.807, 2.05) is 6.92 Å². The lowest BCUT2D eigenvalue weighted by Crippen LogP contribution is -2.20. The highest BCUT2D eigenvalue weighted by atomic mass is 32.1. The molecule has 0 amide bonds. The fraction of sp³-hybridized carbons (Fsp3) is 0.800. The second-order valence-electron chi connectivity index (χ2n) is 6.54. The zero-order valence-corrected chi connectivity index (χ0v) is 13.6. The van der Waals surface area contributed by atoms with Crippen molar-refractivity contribution in [3.05, 3.63) is 15.6 Å². The van der Waals surface area contributed by atoms with Crippen molar-refractivity contribution < 1.29 is 13.2 Å². The largest absolute Gasteiger partial charge is 0.434 e. The van der Waals surface area contributed by atoms with E-state index < -0.39 is 11.9 Å². The van der Waals surface area contributed by atoms with Gasteiger partial charge in [-0.25, -0.2) is 4.98 Å². The Hall–Kier alpha value is -0.620. The first-order valence-corrected chi connectivity index (χ1v) is 8.32. The second kappa shape index (κ2) is 6.24. The summed E-state index contributed by atoms with van der Waals surface area (Å²) >= 11 is 1.24. The maximum atomic E-state index is 13.1. The summed E-state index contributed by atoms with van der Waals surface area (Å²) < 4.78 is 39.3. The molecule has 1 aromatic rings. The molecule has 0 aliphatic heterocycles. The van der Waals surface area contributed by atoms with Crippen LogP contribution in [0.15, 0.2) is 0 Å². The average Bonchev–Trinajstić information content (AvgIpc) is 2.80. The predicted octanol–water partition coefficient (Wildman–Crippen LogP) is 4.96. The third-order valence-electron chi connectivity index (χ3n) is 4.21. The molecule has 1 aliphatic carbocycles. The van der Waals surface area contributed by atoms with E-state index in [0.29, 0.717) is 21.8 Å². The number of rotatable bonds is 4. The summed E-state index contributed by atoms with van der Waals surface area (Å²) in [5, 5.41) is 3.65. The topological polar surface area (TPSA) is 24.9 Å². The molecule has 1 aromatic heterocycles. The molecular weight excluding hydrogens is 297 g/mol. The Bertz CT molecular complexity index is 470. The zero-order chi connectivity index (χ0) is 15.7. The van der Waals surface area contributed by atoms with Crippen LogP contribution in [0.4, 0.5) is 13.2 Å². The van der Waals surface area contributed by atoms with E-state index in [2.05, 4.69) is 24.1 Å². The number of hydrogen-bond donors (Lipinski definition) is 1. The molecule has 0 unspecified atom stereocenters. The Morgan fingerprint density at radius 2 is 1.90 bits per heavy atom. The molecular formula is C15H23F3N2S. The number of nitrogens with one attached hydrogen (secondary N) is 1. The molecule has 0 saturated heterocycles. The van der Waals surface area contributed by atoms with Crippen molar-refractivity contribution in [2.75, 3.05) is 6.54 Å². The van der Waals surface area contributed by atoms with Crippen LogP contribution in [-0.2, 0) is 12.7 Å². The van der Waals surface area contributed by atoms with E-state index >= 15 is 0 Å². The lowest BCUT2D eigenvalue weighted by Gasteiger charge is -2.33. The molecule has 1 aliphatic rings. The lowest BCUT2D eigenvalue weighted by atomic mass is 9.73. The quantitative estimate of drug-likeness (QED) is 0.848. The molecule has 0 radical (unpaired) electrons. The van der Waals surface area contributed by atoms with Crippen LogP contribution < -0.4 is 5.32 Å². The van der Waals surface area contributed by atoms with Crippen LogP contribution in [0.3, 0.4) is 0 Å². The van der Waals surface area contributed by atoms with Gasteiger partial charge < -0.3 is 5.32 Å². The first kappa shape index (κ1) is 16.7. The molecule has 6 heteroatoms. The molecule has 0 aromatic carbocycles. The molecule has 2 rings (SSSR count). The predicted molar refractivity (Wildman–Crippen MR) is 79.5 cm³/mol. The smallest absolute Gasteiger partial charge is 0.312 e. The van der Waals surface area contributed by atoms with Gasteiger partial charge in [-0.1, -0.05) is 20.8 Å². The summed E-state index contributed by atoms with van der Waals surface area (Å²) in [4.78, 5) is 4.28. The van der Waals surface area contributed by atoms with Crippen molar-refractivity contribution in [2.24, 2.45) is 5.41 Å². The normalized spacial score (nSPS) is 19.9. The van der Waals surface area contributed by atoms with Gasteiger partial charge in [-0.3, -0.25) is 0 Å². The van der Waals surface area contributed by atoms with Crippen LogP contribution in [0.5, 0.6) is 0 Å². The summed E-state index contributed by atoms with van der Waals surface area (Å²) in [5.74, 6) is 0.194. The first-order valence-electron chi connectivity index (χ1n) is 7.50. The third kappa shape index (κ3) is 4.19. The molecule has 1 heterocycles. The highest BCUT2D eigenvalue weighted by Gasteiger charge is 2.38. The second-order valence-corrected chi connectivity index (χ2v) is 7.66. The van der Waals surface area contributed by atoms with Crippen molar-refractivity contribution in [1.82, 2.24) is 10.3 Å². The van der Waals surface area contributed by atoms with Crippen molar-refractivity contribution in [3.63, 3.8) is 0 Å². The number of halogens is 3. The van der Waals surface area contributed by atoms with Crippen molar-refractivity contribution in [2.45, 2.75) is 65.1 Å². The molecule has 0 atom stereocenters. The fourth-order valence-electron chi connectivity index (χ4n) is 2.77. The van der Waals surface area contributed by atoms with E-state index in [9.17, 15) is 13.2 Å². The summed E-state index contributed by atoms with van der Waals surface area (Å²) in [6, 6.07) is 0. The minimum Gasteiger partial charge on any atom is -0.312 e. The van der Waals surface area contributed by atoms with Crippen molar-refractivity contribution >= 4 is 11.3 Å². The van der Waals surface area contributed by atoms with Gasteiger partial charge in [0.05, 0.1) is 9.88 Å². The number of nitrogens with zero attached hydrogens (tertiary/aromatic N) is 1. The standard InChI is InChI=1S/C15H23F3N2S/c1-4-19-9-11-12(15(16,17)18)20-13(21-11)10-5-7-14(2,3)8-6-10/h10,19H,4-9H2,1-3H3. The lowest BCUT2D eigenvalue weighted by molar-refractivity contribution is -0.141. The first-order chi connectivity index (χ1) is 9.73. The maximum Gasteiger partial charge on any atom is 0.434 e. The van der Waals surface area contributed by atoms with Crippen LogP contribution in [0.25, 0.3) is 0 Å². The Morgan fingerprint density at radius 3 is 2.43 bits per heavy atom. The number of aromatic nitrogens is 1. The average molecular weight is 320 g/mol. The molecule has 0 spiro atoms. The fourth-order valence-corrected chi connectivity index (χ4v) is 3.99. The zero-order valence-electron chi connectivity index (χ0n) is 12.8. The van der Waals surface area contributed by atoms with Gasteiger partial charge in [0, 0.05) is 12.5 Å². The molecule has 1 fully saturated rings. The Balaban J connectivity index is 2.19. The van der Waals surface area contributed by atoms with E-state index in [1.165, 1.54) is 11.3 Å². The van der Waals surface area contributed by atoms with Crippen LogP contribution >= 0.6 is 11.3 Å².